The normalized spacial score (nSPS) is 35.3. The van der Waals surface area contributed by atoms with E-state index < -0.39 is 0 Å². The van der Waals surface area contributed by atoms with Crippen LogP contribution in [0.3, 0.4) is 0 Å². The Bertz CT molecular complexity index is 1190. The van der Waals surface area contributed by atoms with Crippen molar-refractivity contribution < 1.29 is 14.3 Å². The van der Waals surface area contributed by atoms with Crippen molar-refractivity contribution >= 4 is 5.91 Å². The number of hydrogen-bond donors (Lipinski definition) is 2. The van der Waals surface area contributed by atoms with Crippen molar-refractivity contribution in [3.05, 3.63) is 42.0 Å². The summed E-state index contributed by atoms with van der Waals surface area (Å²) in [5, 5.41) is 17.3. The van der Waals surface area contributed by atoms with Gasteiger partial charge in [0.1, 0.15) is 5.75 Å². The Labute approximate surface area is 251 Å². The summed E-state index contributed by atoms with van der Waals surface area (Å²) >= 11 is 0. The van der Waals surface area contributed by atoms with E-state index in [0.717, 1.165) is 44.5 Å². The van der Waals surface area contributed by atoms with Crippen molar-refractivity contribution in [3.8, 4) is 11.8 Å². The van der Waals surface area contributed by atoms with Crippen molar-refractivity contribution in [2.24, 2.45) is 11.3 Å². The van der Waals surface area contributed by atoms with Gasteiger partial charge in [-0.15, -0.1) is 0 Å². The lowest BCUT2D eigenvalue weighted by atomic mass is 9.59. The van der Waals surface area contributed by atoms with E-state index in [4.69, 9.17) is 9.47 Å². The molecule has 1 aromatic carbocycles. The molecular weight excluding hydrogens is 528 g/mol. The molecule has 4 fully saturated rings. The summed E-state index contributed by atoms with van der Waals surface area (Å²) in [5.41, 5.74) is 3.12. The average Bonchev–Trinajstić information content (AvgIpc) is 3.43. The molecule has 42 heavy (non-hydrogen) atoms. The highest BCUT2D eigenvalue weighted by atomic mass is 16.5. The monoisotopic (exact) mass is 576 g/mol. The number of nitrogens with zero attached hydrogens (tertiary/aromatic N) is 4. The maximum atomic E-state index is 12.6. The van der Waals surface area contributed by atoms with Gasteiger partial charge in [0.25, 0.3) is 0 Å². The first-order chi connectivity index (χ1) is 20.4. The number of carbonyl (C=O) groups excluding carboxylic acids is 1. The van der Waals surface area contributed by atoms with Crippen LogP contribution in [0.5, 0.6) is 5.75 Å². The molecule has 2 aliphatic carbocycles. The minimum atomic E-state index is -0.223. The first kappa shape index (κ1) is 29.6. The van der Waals surface area contributed by atoms with Crippen LogP contribution in [-0.2, 0) is 22.4 Å². The molecule has 3 heterocycles. The molecule has 7 atom stereocenters. The predicted molar refractivity (Wildman–Crippen MR) is 162 cm³/mol. The third-order valence-corrected chi connectivity index (χ3v) is 11.0. The Morgan fingerprint density at radius 2 is 2.10 bits per heavy atom. The first-order valence-electron chi connectivity index (χ1n) is 16.0. The summed E-state index contributed by atoms with van der Waals surface area (Å²) in [7, 11) is 3.98. The zero-order valence-electron chi connectivity index (χ0n) is 25.4. The van der Waals surface area contributed by atoms with Crippen molar-refractivity contribution in [2.45, 2.75) is 88.4 Å². The molecule has 1 amide bonds. The minimum absolute atomic E-state index is 0.0817. The van der Waals surface area contributed by atoms with E-state index >= 15 is 0 Å². The molecular formula is C33H48N6O3. The van der Waals surface area contributed by atoms with E-state index in [-0.39, 0.29) is 29.9 Å². The van der Waals surface area contributed by atoms with Crippen LogP contribution in [0.15, 0.2) is 30.9 Å². The molecule has 1 aromatic rings. The summed E-state index contributed by atoms with van der Waals surface area (Å²) in [4.78, 5) is 19.3. The van der Waals surface area contributed by atoms with Crippen LogP contribution in [0.1, 0.15) is 56.1 Å². The summed E-state index contributed by atoms with van der Waals surface area (Å²) in [6.45, 7) is 7.61. The van der Waals surface area contributed by atoms with E-state index in [1.54, 1.807) is 7.11 Å². The predicted octanol–water partition coefficient (Wildman–Crippen LogP) is 2.86. The fourth-order valence-corrected chi connectivity index (χ4v) is 8.69. The van der Waals surface area contributed by atoms with Gasteiger partial charge in [-0.2, -0.15) is 5.26 Å². The molecule has 3 aliphatic heterocycles. The van der Waals surface area contributed by atoms with Crippen molar-refractivity contribution in [3.63, 3.8) is 0 Å². The number of nitriles is 1. The fourth-order valence-electron chi connectivity index (χ4n) is 8.69. The van der Waals surface area contributed by atoms with Crippen LogP contribution in [-0.4, -0.2) is 98.2 Å². The molecule has 0 bridgehead atoms. The Balaban J connectivity index is 1.21. The summed E-state index contributed by atoms with van der Waals surface area (Å²) in [6.07, 6.45) is 10.9. The average molecular weight is 577 g/mol. The maximum Gasteiger partial charge on any atom is 0.246 e. The zero-order chi connectivity index (χ0) is 29.3. The number of likely N-dealkylation sites (N-methyl/N-ethyl adjacent to an activating group) is 1. The van der Waals surface area contributed by atoms with Gasteiger partial charge < -0.3 is 19.3 Å². The second-order valence-electron chi connectivity index (χ2n) is 13.3. The van der Waals surface area contributed by atoms with E-state index in [9.17, 15) is 10.1 Å². The molecule has 1 spiro atoms. The highest BCUT2D eigenvalue weighted by molar-refractivity contribution is 5.87. The van der Waals surface area contributed by atoms with Crippen LogP contribution in [0.4, 0.5) is 0 Å². The van der Waals surface area contributed by atoms with Crippen LogP contribution in [0.2, 0.25) is 0 Å². The SMILES string of the molecule is C=CC(=O)N1CCN(C2NC(OCC3CCCN3C)NC3C[C@@]4(CCc5c(cccc5OC)C4)CCC32)CC1CC#N. The third kappa shape index (κ3) is 5.85. The third-order valence-electron chi connectivity index (χ3n) is 11.0. The van der Waals surface area contributed by atoms with Crippen LogP contribution < -0.4 is 15.4 Å². The molecule has 2 N–H and O–H groups in total. The summed E-state index contributed by atoms with van der Waals surface area (Å²) < 4.78 is 12.3. The number of rotatable bonds is 7. The van der Waals surface area contributed by atoms with Gasteiger partial charge in [-0.05, 0) is 93.6 Å². The molecule has 9 nitrogen and oxygen atoms in total. The molecule has 6 rings (SSSR count). The van der Waals surface area contributed by atoms with Gasteiger partial charge in [0.05, 0.1) is 38.4 Å². The molecule has 9 heteroatoms. The maximum absolute atomic E-state index is 12.6. The summed E-state index contributed by atoms with van der Waals surface area (Å²) in [5.74, 6) is 1.38. The van der Waals surface area contributed by atoms with Gasteiger partial charge in [0.2, 0.25) is 5.91 Å². The number of ether oxygens (including phenoxy) is 2. The molecule has 0 radical (unpaired) electrons. The van der Waals surface area contributed by atoms with Gasteiger partial charge in [0, 0.05) is 37.6 Å². The molecule has 0 aromatic heterocycles. The highest BCUT2D eigenvalue weighted by Gasteiger charge is 2.50. The van der Waals surface area contributed by atoms with Crippen molar-refractivity contribution in [2.75, 3.05) is 46.9 Å². The lowest BCUT2D eigenvalue weighted by Gasteiger charge is -2.56. The lowest BCUT2D eigenvalue weighted by Crippen LogP contribution is -2.72. The Morgan fingerprint density at radius 1 is 1.21 bits per heavy atom. The Kier molecular flexibility index (Phi) is 8.90. The smallest absolute Gasteiger partial charge is 0.246 e. The fraction of sp³-hybridized carbons (Fsp3) is 0.697. The topological polar surface area (TPSA) is 93.1 Å². The number of methoxy groups -OCH3 is 1. The molecule has 6 unspecified atom stereocenters. The quantitative estimate of drug-likeness (QED) is 0.479. The van der Waals surface area contributed by atoms with Gasteiger partial charge in [-0.3, -0.25) is 20.3 Å². The summed E-state index contributed by atoms with van der Waals surface area (Å²) in [6, 6.07) is 9.52. The molecule has 3 saturated heterocycles. The van der Waals surface area contributed by atoms with Crippen LogP contribution in [0.25, 0.3) is 0 Å². The first-order valence-corrected chi connectivity index (χ1v) is 16.0. The van der Waals surface area contributed by atoms with E-state index in [1.165, 1.54) is 42.9 Å². The molecule has 5 aliphatic rings. The van der Waals surface area contributed by atoms with Gasteiger partial charge in [-0.1, -0.05) is 18.7 Å². The Hall–Kier alpha value is -2.48. The van der Waals surface area contributed by atoms with Crippen molar-refractivity contribution in [1.82, 2.24) is 25.3 Å². The number of carbonyl (C=O) groups is 1. The van der Waals surface area contributed by atoms with Crippen LogP contribution >= 0.6 is 0 Å². The second-order valence-corrected chi connectivity index (χ2v) is 13.3. The van der Waals surface area contributed by atoms with Gasteiger partial charge in [-0.25, -0.2) is 0 Å². The molecule has 228 valence electrons. The number of fused-ring (bicyclic) bond motifs is 2. The van der Waals surface area contributed by atoms with E-state index in [0.29, 0.717) is 44.1 Å². The number of amides is 1. The highest BCUT2D eigenvalue weighted by Crippen LogP contribution is 2.50. The molecule has 1 saturated carbocycles. The number of nitrogens with one attached hydrogen (secondary N) is 2. The standard InChI is InChI=1S/C33H48N6O3/c1-4-30(40)39-18-17-38(21-24(39)12-15-34)31-27-11-14-33(13-10-26-23(19-33)7-5-9-29(26)41-3)20-28(27)35-32(36-31)42-22-25-8-6-16-37(25)2/h4-5,7,9,24-25,27-28,31-32,35-36H,1,6,8,10-14,16-22H2,2-3H3/t24?,25?,27?,28?,31?,32?,33-/m0/s1. The number of benzene rings is 1. The number of hydrogen-bond acceptors (Lipinski definition) is 8. The van der Waals surface area contributed by atoms with Gasteiger partial charge in [0.15, 0.2) is 6.35 Å². The zero-order valence-corrected chi connectivity index (χ0v) is 25.4. The largest absolute Gasteiger partial charge is 0.496 e. The van der Waals surface area contributed by atoms with Gasteiger partial charge >= 0.3 is 0 Å². The van der Waals surface area contributed by atoms with E-state index in [2.05, 4.69) is 58.3 Å². The Morgan fingerprint density at radius 3 is 2.86 bits per heavy atom. The lowest BCUT2D eigenvalue weighted by molar-refractivity contribution is -0.137. The number of piperazine rings is 1. The van der Waals surface area contributed by atoms with Crippen molar-refractivity contribution in [1.29, 1.82) is 5.26 Å². The number of likely N-dealkylation sites (tertiary alicyclic amines) is 1. The van der Waals surface area contributed by atoms with E-state index in [1.807, 2.05) is 4.90 Å². The minimum Gasteiger partial charge on any atom is -0.496 e. The second kappa shape index (κ2) is 12.6. The van der Waals surface area contributed by atoms with Crippen LogP contribution in [0, 0.1) is 22.7 Å².